The molecule has 22 heavy (non-hydrogen) atoms. The van der Waals surface area contributed by atoms with Crippen LogP contribution in [-0.2, 0) is 12.8 Å². The summed E-state index contributed by atoms with van der Waals surface area (Å²) in [4.78, 5) is 17.4. The number of hydrogen-bond donors (Lipinski definition) is 1. The van der Waals surface area contributed by atoms with E-state index in [0.29, 0.717) is 18.9 Å². The van der Waals surface area contributed by atoms with E-state index < -0.39 is 0 Å². The molecule has 116 valence electrons. The van der Waals surface area contributed by atoms with E-state index in [4.69, 9.17) is 4.52 Å². The van der Waals surface area contributed by atoms with E-state index in [-0.39, 0.29) is 11.7 Å². The quantitative estimate of drug-likeness (QED) is 0.758. The van der Waals surface area contributed by atoms with Crippen LogP contribution in [0.4, 0.5) is 0 Å². The number of fused-ring (bicyclic) bond motifs is 1. The predicted molar refractivity (Wildman–Crippen MR) is 84.2 cm³/mol. The van der Waals surface area contributed by atoms with Crippen LogP contribution >= 0.6 is 11.3 Å². The number of rotatable bonds is 6. The van der Waals surface area contributed by atoms with Crippen LogP contribution < -0.4 is 5.32 Å². The van der Waals surface area contributed by atoms with E-state index in [1.165, 1.54) is 0 Å². The minimum absolute atomic E-state index is 0.233. The highest BCUT2D eigenvalue weighted by atomic mass is 32.1. The highest BCUT2D eigenvalue weighted by molar-refractivity contribution is 7.15. The number of hydrogen-bond acceptors (Lipinski definition) is 5. The van der Waals surface area contributed by atoms with Crippen molar-refractivity contribution < 1.29 is 9.32 Å². The zero-order valence-corrected chi connectivity index (χ0v) is 13.4. The first kappa shape index (κ1) is 14.8. The van der Waals surface area contributed by atoms with Crippen molar-refractivity contribution in [2.75, 3.05) is 6.54 Å². The van der Waals surface area contributed by atoms with Crippen LogP contribution in [0.2, 0.25) is 0 Å². The van der Waals surface area contributed by atoms with Gasteiger partial charge >= 0.3 is 0 Å². The zero-order chi connectivity index (χ0) is 15.5. The fraction of sp³-hybridized carbons (Fsp3) is 0.400. The summed E-state index contributed by atoms with van der Waals surface area (Å²) in [5.74, 6) is 0.515. The van der Waals surface area contributed by atoms with E-state index in [2.05, 4.69) is 29.3 Å². The van der Waals surface area contributed by atoms with Gasteiger partial charge in [-0.3, -0.25) is 9.20 Å². The summed E-state index contributed by atoms with van der Waals surface area (Å²) in [6, 6.07) is 1.71. The summed E-state index contributed by atoms with van der Waals surface area (Å²) in [6.07, 6.45) is 5.45. The third-order valence-electron chi connectivity index (χ3n) is 3.21. The molecule has 0 aliphatic carbocycles. The number of aromatic nitrogens is 3. The third-order valence-corrected chi connectivity index (χ3v) is 3.98. The first-order valence-corrected chi connectivity index (χ1v) is 8.14. The summed E-state index contributed by atoms with van der Waals surface area (Å²) in [7, 11) is 0. The molecule has 0 bridgehead atoms. The molecule has 0 radical (unpaired) electrons. The molecule has 0 saturated heterocycles. The molecule has 0 aromatic carbocycles. The number of carbonyl (C=O) groups excluding carboxylic acids is 1. The Morgan fingerprint density at radius 2 is 2.32 bits per heavy atom. The molecule has 0 saturated carbocycles. The molecule has 3 aromatic heterocycles. The van der Waals surface area contributed by atoms with Crippen LogP contribution in [0.5, 0.6) is 0 Å². The van der Waals surface area contributed by atoms with Gasteiger partial charge in [-0.15, -0.1) is 11.3 Å². The molecule has 3 heterocycles. The molecule has 0 aliphatic rings. The maximum absolute atomic E-state index is 12.0. The zero-order valence-electron chi connectivity index (χ0n) is 12.6. The second-order valence-electron chi connectivity index (χ2n) is 5.61. The number of carbonyl (C=O) groups is 1. The van der Waals surface area contributed by atoms with Gasteiger partial charge in [0, 0.05) is 36.8 Å². The number of nitrogens with zero attached hydrogens (tertiary/aromatic N) is 3. The minimum Gasteiger partial charge on any atom is -0.351 e. The largest absolute Gasteiger partial charge is 0.351 e. The maximum Gasteiger partial charge on any atom is 0.289 e. The molecule has 6 nitrogen and oxygen atoms in total. The Morgan fingerprint density at radius 1 is 1.45 bits per heavy atom. The van der Waals surface area contributed by atoms with Gasteiger partial charge in [0.25, 0.3) is 5.91 Å². The molecule has 3 rings (SSSR count). The van der Waals surface area contributed by atoms with Crippen molar-refractivity contribution >= 4 is 22.2 Å². The van der Waals surface area contributed by atoms with Gasteiger partial charge in [0.2, 0.25) is 5.76 Å². The monoisotopic (exact) mass is 318 g/mol. The molecule has 0 atom stereocenters. The SMILES string of the molecule is CC(C)Cc1cc(C(=O)NCCc2cn3ccsc3n2)on1. The topological polar surface area (TPSA) is 72.4 Å². The average Bonchev–Trinajstić information content (AvgIpc) is 3.13. The van der Waals surface area contributed by atoms with E-state index in [0.717, 1.165) is 22.8 Å². The molecule has 1 amide bonds. The Hall–Kier alpha value is -2.15. The second-order valence-corrected chi connectivity index (χ2v) is 6.48. The van der Waals surface area contributed by atoms with Crippen molar-refractivity contribution in [2.24, 2.45) is 5.92 Å². The lowest BCUT2D eigenvalue weighted by Gasteiger charge is -2.00. The molecule has 7 heteroatoms. The van der Waals surface area contributed by atoms with E-state index in [1.807, 2.05) is 22.2 Å². The Balaban J connectivity index is 1.51. The Bertz CT molecular complexity index is 743. The van der Waals surface area contributed by atoms with Gasteiger partial charge in [0.15, 0.2) is 4.96 Å². The molecule has 0 aliphatic heterocycles. The molecule has 0 fully saturated rings. The van der Waals surface area contributed by atoms with Gasteiger partial charge < -0.3 is 9.84 Å². The van der Waals surface area contributed by atoms with Gasteiger partial charge in [-0.25, -0.2) is 4.98 Å². The van der Waals surface area contributed by atoms with Crippen LogP contribution in [0.15, 0.2) is 28.4 Å². The van der Waals surface area contributed by atoms with Gasteiger partial charge in [-0.2, -0.15) is 0 Å². The molecule has 0 unspecified atom stereocenters. The molecule has 0 spiro atoms. The summed E-state index contributed by atoms with van der Waals surface area (Å²) in [5, 5.41) is 8.74. The highest BCUT2D eigenvalue weighted by Gasteiger charge is 2.13. The lowest BCUT2D eigenvalue weighted by atomic mass is 10.1. The predicted octanol–water partition coefficient (Wildman–Crippen LogP) is 2.55. The summed E-state index contributed by atoms with van der Waals surface area (Å²) in [5.41, 5.74) is 1.78. The van der Waals surface area contributed by atoms with Gasteiger partial charge in [0.05, 0.1) is 11.4 Å². The fourth-order valence-corrected chi connectivity index (χ4v) is 2.94. The third kappa shape index (κ3) is 3.36. The van der Waals surface area contributed by atoms with Crippen LogP contribution in [0, 0.1) is 5.92 Å². The van der Waals surface area contributed by atoms with Gasteiger partial charge in [0.1, 0.15) is 0 Å². The van der Waals surface area contributed by atoms with Crippen molar-refractivity contribution in [3.8, 4) is 0 Å². The number of amides is 1. The van der Waals surface area contributed by atoms with E-state index in [9.17, 15) is 4.79 Å². The van der Waals surface area contributed by atoms with Crippen LogP contribution in [0.25, 0.3) is 4.96 Å². The molecule has 3 aromatic rings. The fourth-order valence-electron chi connectivity index (χ4n) is 2.22. The van der Waals surface area contributed by atoms with Crippen molar-refractivity contribution in [3.05, 3.63) is 41.0 Å². The first-order chi connectivity index (χ1) is 10.6. The number of nitrogens with one attached hydrogen (secondary N) is 1. The van der Waals surface area contributed by atoms with Crippen LogP contribution in [-0.4, -0.2) is 27.0 Å². The van der Waals surface area contributed by atoms with Crippen molar-refractivity contribution in [1.82, 2.24) is 19.9 Å². The Labute approximate surface area is 132 Å². The van der Waals surface area contributed by atoms with Gasteiger partial charge in [-0.1, -0.05) is 19.0 Å². The summed E-state index contributed by atoms with van der Waals surface area (Å²) < 4.78 is 7.07. The second kappa shape index (κ2) is 6.31. The highest BCUT2D eigenvalue weighted by Crippen LogP contribution is 2.12. The normalized spacial score (nSPS) is 11.4. The van der Waals surface area contributed by atoms with Gasteiger partial charge in [-0.05, 0) is 12.3 Å². The number of thiazole rings is 1. The summed E-state index contributed by atoms with van der Waals surface area (Å²) in [6.45, 7) is 4.72. The van der Waals surface area contributed by atoms with Crippen molar-refractivity contribution in [1.29, 1.82) is 0 Å². The lowest BCUT2D eigenvalue weighted by molar-refractivity contribution is 0.0917. The summed E-state index contributed by atoms with van der Waals surface area (Å²) >= 11 is 1.59. The van der Waals surface area contributed by atoms with Crippen LogP contribution in [0.1, 0.15) is 35.8 Å². The maximum atomic E-state index is 12.0. The first-order valence-electron chi connectivity index (χ1n) is 7.26. The number of imidazole rings is 1. The molecule has 1 N–H and O–H groups in total. The Morgan fingerprint density at radius 3 is 3.09 bits per heavy atom. The van der Waals surface area contributed by atoms with E-state index in [1.54, 1.807) is 17.4 Å². The van der Waals surface area contributed by atoms with Crippen LogP contribution in [0.3, 0.4) is 0 Å². The average molecular weight is 318 g/mol. The Kier molecular flexibility index (Phi) is 4.24. The van der Waals surface area contributed by atoms with Crippen molar-refractivity contribution in [2.45, 2.75) is 26.7 Å². The minimum atomic E-state index is -0.233. The smallest absolute Gasteiger partial charge is 0.289 e. The van der Waals surface area contributed by atoms with Crippen molar-refractivity contribution in [3.63, 3.8) is 0 Å². The van der Waals surface area contributed by atoms with E-state index >= 15 is 0 Å². The standard InChI is InChI=1S/C15H18N4O2S/c1-10(2)7-12-8-13(21-18-12)14(20)16-4-3-11-9-19-5-6-22-15(19)17-11/h5-6,8-10H,3-4,7H2,1-2H3,(H,16,20). The molecular formula is C15H18N4O2S. The lowest BCUT2D eigenvalue weighted by Crippen LogP contribution is -2.25. The molecular weight excluding hydrogens is 300 g/mol.